The number of aromatic carboxylic acids is 1. The van der Waals surface area contributed by atoms with Crippen LogP contribution in [0.25, 0.3) is 0 Å². The van der Waals surface area contributed by atoms with Gasteiger partial charge in [-0.2, -0.15) is 0 Å². The van der Waals surface area contributed by atoms with E-state index in [1.54, 1.807) is 28.4 Å². The summed E-state index contributed by atoms with van der Waals surface area (Å²) in [4.78, 5) is 28.2. The molecule has 2 amide bonds. The average Bonchev–Trinajstić information content (AvgIpc) is 3.02. The van der Waals surface area contributed by atoms with Gasteiger partial charge in [-0.05, 0) is 42.1 Å². The van der Waals surface area contributed by atoms with Crippen LogP contribution in [0.5, 0.6) is 0 Å². The molecule has 0 atom stereocenters. The minimum Gasteiger partial charge on any atom is -0.478 e. The van der Waals surface area contributed by atoms with Crippen molar-refractivity contribution in [3.8, 4) is 0 Å². The molecule has 1 fully saturated rings. The van der Waals surface area contributed by atoms with Crippen molar-refractivity contribution in [1.29, 1.82) is 0 Å². The fourth-order valence-electron chi connectivity index (χ4n) is 2.54. The van der Waals surface area contributed by atoms with Crippen LogP contribution >= 0.6 is 11.3 Å². The molecule has 1 aromatic heterocycles. The summed E-state index contributed by atoms with van der Waals surface area (Å²) in [6, 6.07) is 10.4. The Kier molecular flexibility index (Phi) is 4.11. The lowest BCUT2D eigenvalue weighted by molar-refractivity contribution is 0.0697. The van der Waals surface area contributed by atoms with Crippen molar-refractivity contribution in [2.75, 3.05) is 18.0 Å². The smallest absolute Gasteiger partial charge is 0.335 e. The van der Waals surface area contributed by atoms with Gasteiger partial charge in [-0.3, -0.25) is 4.90 Å². The number of anilines is 1. The molecule has 1 saturated heterocycles. The van der Waals surface area contributed by atoms with Gasteiger partial charge in [0.2, 0.25) is 0 Å². The minimum absolute atomic E-state index is 0.0253. The number of carbonyl (C=O) groups excluding carboxylic acids is 1. The predicted molar refractivity (Wildman–Crippen MR) is 85.5 cm³/mol. The van der Waals surface area contributed by atoms with Gasteiger partial charge in [-0.25, -0.2) is 9.59 Å². The van der Waals surface area contributed by atoms with Crippen LogP contribution in [0.2, 0.25) is 0 Å². The molecule has 0 unspecified atom stereocenters. The maximum absolute atomic E-state index is 12.6. The van der Waals surface area contributed by atoms with E-state index in [9.17, 15) is 9.59 Å². The van der Waals surface area contributed by atoms with Crippen LogP contribution in [0.3, 0.4) is 0 Å². The molecule has 2 heterocycles. The number of rotatable bonds is 4. The van der Waals surface area contributed by atoms with Gasteiger partial charge >= 0.3 is 12.0 Å². The molecule has 1 aromatic carbocycles. The maximum Gasteiger partial charge on any atom is 0.335 e. The largest absolute Gasteiger partial charge is 0.478 e. The zero-order valence-corrected chi connectivity index (χ0v) is 12.8. The van der Waals surface area contributed by atoms with Gasteiger partial charge in [-0.1, -0.05) is 6.07 Å². The standard InChI is InChI=1S/C16H16N2O3S/c19-15(20)12-4-6-13(7-5-12)18-9-2-8-17(16(18)21)11-14-3-1-10-22-14/h1,3-7,10H,2,8-9,11H2,(H,19,20). The van der Waals surface area contributed by atoms with E-state index in [0.717, 1.165) is 23.5 Å². The molecular weight excluding hydrogens is 300 g/mol. The highest BCUT2D eigenvalue weighted by Gasteiger charge is 2.27. The van der Waals surface area contributed by atoms with Crippen molar-refractivity contribution in [3.63, 3.8) is 0 Å². The molecule has 22 heavy (non-hydrogen) atoms. The van der Waals surface area contributed by atoms with Gasteiger partial charge in [0.1, 0.15) is 0 Å². The van der Waals surface area contributed by atoms with Gasteiger partial charge < -0.3 is 10.0 Å². The predicted octanol–water partition coefficient (Wildman–Crippen LogP) is 3.28. The van der Waals surface area contributed by atoms with Gasteiger partial charge in [-0.15, -0.1) is 11.3 Å². The Hall–Kier alpha value is -2.34. The number of urea groups is 1. The third kappa shape index (κ3) is 2.96. The first-order valence-corrected chi connectivity index (χ1v) is 7.95. The van der Waals surface area contributed by atoms with E-state index in [0.29, 0.717) is 13.1 Å². The molecule has 3 rings (SSSR count). The average molecular weight is 316 g/mol. The maximum atomic E-state index is 12.6. The normalized spacial score (nSPS) is 15.2. The van der Waals surface area contributed by atoms with Crippen molar-refractivity contribution >= 4 is 29.0 Å². The van der Waals surface area contributed by atoms with Crippen LogP contribution in [0, 0.1) is 0 Å². The number of amides is 2. The molecule has 5 nitrogen and oxygen atoms in total. The zero-order valence-electron chi connectivity index (χ0n) is 11.9. The molecule has 0 bridgehead atoms. The van der Waals surface area contributed by atoms with Crippen molar-refractivity contribution in [3.05, 3.63) is 52.2 Å². The molecule has 6 heteroatoms. The zero-order chi connectivity index (χ0) is 15.5. The third-order valence-electron chi connectivity index (χ3n) is 3.66. The van der Waals surface area contributed by atoms with Gasteiger partial charge in [0.25, 0.3) is 0 Å². The van der Waals surface area contributed by atoms with E-state index in [1.165, 1.54) is 12.1 Å². The minimum atomic E-state index is -0.962. The van der Waals surface area contributed by atoms with Gasteiger partial charge in [0, 0.05) is 23.7 Å². The highest BCUT2D eigenvalue weighted by atomic mass is 32.1. The summed E-state index contributed by atoms with van der Waals surface area (Å²) in [6.07, 6.45) is 0.901. The van der Waals surface area contributed by atoms with Crippen LogP contribution < -0.4 is 4.90 Å². The van der Waals surface area contributed by atoms with Crippen LogP contribution in [0.15, 0.2) is 41.8 Å². The second-order valence-electron chi connectivity index (χ2n) is 5.14. The number of carbonyl (C=O) groups is 2. The van der Waals surface area contributed by atoms with E-state index >= 15 is 0 Å². The lowest BCUT2D eigenvalue weighted by Gasteiger charge is -2.35. The highest BCUT2D eigenvalue weighted by Crippen LogP contribution is 2.23. The number of benzene rings is 1. The van der Waals surface area contributed by atoms with Crippen LogP contribution in [-0.4, -0.2) is 35.1 Å². The van der Waals surface area contributed by atoms with E-state index < -0.39 is 5.97 Å². The number of hydrogen-bond acceptors (Lipinski definition) is 3. The number of carboxylic acid groups (broad SMARTS) is 1. The Morgan fingerprint density at radius 2 is 1.95 bits per heavy atom. The van der Waals surface area contributed by atoms with Crippen molar-refractivity contribution in [2.24, 2.45) is 0 Å². The summed E-state index contributed by atoms with van der Waals surface area (Å²) in [5.74, 6) is -0.962. The molecule has 0 spiro atoms. The van der Waals surface area contributed by atoms with E-state index in [-0.39, 0.29) is 11.6 Å². The molecule has 2 aromatic rings. The van der Waals surface area contributed by atoms with Gasteiger partial charge in [0.15, 0.2) is 0 Å². The molecular formula is C16H16N2O3S. The molecule has 1 aliphatic heterocycles. The molecule has 0 aliphatic carbocycles. The lowest BCUT2D eigenvalue weighted by Crippen LogP contribution is -2.48. The fraction of sp³-hybridized carbons (Fsp3) is 0.250. The summed E-state index contributed by atoms with van der Waals surface area (Å²) in [5, 5.41) is 10.9. The van der Waals surface area contributed by atoms with Crippen LogP contribution in [0.1, 0.15) is 21.7 Å². The Labute approximate surface area is 132 Å². The Balaban J connectivity index is 1.75. The molecule has 1 aliphatic rings. The third-order valence-corrected chi connectivity index (χ3v) is 4.53. The number of hydrogen-bond donors (Lipinski definition) is 1. The van der Waals surface area contributed by atoms with Crippen molar-refractivity contribution in [2.45, 2.75) is 13.0 Å². The van der Waals surface area contributed by atoms with E-state index in [1.807, 2.05) is 22.4 Å². The Morgan fingerprint density at radius 1 is 1.18 bits per heavy atom. The van der Waals surface area contributed by atoms with E-state index in [4.69, 9.17) is 5.11 Å². The quantitative estimate of drug-likeness (QED) is 0.941. The first-order valence-electron chi connectivity index (χ1n) is 7.07. The molecule has 1 N–H and O–H groups in total. The first kappa shape index (κ1) is 14.6. The monoisotopic (exact) mass is 316 g/mol. The fourth-order valence-corrected chi connectivity index (χ4v) is 3.26. The molecule has 0 saturated carbocycles. The van der Waals surface area contributed by atoms with E-state index in [2.05, 4.69) is 0 Å². The summed E-state index contributed by atoms with van der Waals surface area (Å²) >= 11 is 1.64. The summed E-state index contributed by atoms with van der Waals surface area (Å²) < 4.78 is 0. The van der Waals surface area contributed by atoms with Gasteiger partial charge in [0.05, 0.1) is 12.1 Å². The molecule has 0 radical (unpaired) electrons. The van der Waals surface area contributed by atoms with Crippen molar-refractivity contribution in [1.82, 2.24) is 4.90 Å². The SMILES string of the molecule is O=C(O)c1ccc(N2CCCN(Cc3cccs3)C2=O)cc1. The Bertz CT molecular complexity index is 667. The second kappa shape index (κ2) is 6.19. The highest BCUT2D eigenvalue weighted by molar-refractivity contribution is 7.09. The summed E-state index contributed by atoms with van der Waals surface area (Å²) in [7, 11) is 0. The van der Waals surface area contributed by atoms with Crippen LogP contribution in [0.4, 0.5) is 10.5 Å². The number of carboxylic acids is 1. The first-order chi connectivity index (χ1) is 10.6. The lowest BCUT2D eigenvalue weighted by atomic mass is 10.1. The topological polar surface area (TPSA) is 60.9 Å². The summed E-state index contributed by atoms with van der Waals surface area (Å²) in [5.41, 5.74) is 0.967. The second-order valence-corrected chi connectivity index (χ2v) is 6.17. The number of thiophene rings is 1. The number of nitrogens with zero attached hydrogens (tertiary/aromatic N) is 2. The summed E-state index contributed by atoms with van der Waals surface area (Å²) in [6.45, 7) is 2.03. The molecule has 114 valence electrons. The van der Waals surface area contributed by atoms with Crippen molar-refractivity contribution < 1.29 is 14.7 Å². The van der Waals surface area contributed by atoms with Crippen LogP contribution in [-0.2, 0) is 6.54 Å². The Morgan fingerprint density at radius 3 is 2.59 bits per heavy atom.